The molecule has 0 aliphatic carbocycles. The van der Waals surface area contributed by atoms with Gasteiger partial charge in [-0.2, -0.15) is 4.98 Å². The number of aromatic nitrogens is 2. The van der Waals surface area contributed by atoms with Gasteiger partial charge in [-0.25, -0.2) is 0 Å². The number of methoxy groups -OCH3 is 1. The van der Waals surface area contributed by atoms with Crippen molar-refractivity contribution in [2.24, 2.45) is 0 Å². The lowest BCUT2D eigenvalue weighted by Crippen LogP contribution is -2.31. The smallest absolute Gasteiger partial charge is 0.246 e. The Balaban J connectivity index is 1.66. The fraction of sp³-hybridized carbons (Fsp3) is 0.250. The second-order valence-corrected chi connectivity index (χ2v) is 6.39. The van der Waals surface area contributed by atoms with Crippen molar-refractivity contribution in [3.05, 3.63) is 65.0 Å². The van der Waals surface area contributed by atoms with Gasteiger partial charge < -0.3 is 14.2 Å². The zero-order valence-corrected chi connectivity index (χ0v) is 15.9. The lowest BCUT2D eigenvalue weighted by molar-refractivity contribution is -0.131. The van der Waals surface area contributed by atoms with Gasteiger partial charge in [-0.05, 0) is 48.9 Å². The molecular formula is C20H20ClN3O3. The molecule has 7 heteroatoms. The third-order valence-electron chi connectivity index (χ3n) is 4.15. The number of nitrogens with zero attached hydrogens (tertiary/aromatic N) is 3. The number of halogens is 1. The van der Waals surface area contributed by atoms with Crippen molar-refractivity contribution in [3.8, 4) is 17.1 Å². The lowest BCUT2D eigenvalue weighted by atomic mass is 10.1. The highest BCUT2D eigenvalue weighted by Gasteiger charge is 2.17. The van der Waals surface area contributed by atoms with Crippen LogP contribution in [0.5, 0.6) is 5.75 Å². The van der Waals surface area contributed by atoms with Gasteiger partial charge in [0.25, 0.3) is 0 Å². The summed E-state index contributed by atoms with van der Waals surface area (Å²) in [6, 6.07) is 14.6. The van der Waals surface area contributed by atoms with E-state index in [4.69, 9.17) is 20.9 Å². The van der Waals surface area contributed by atoms with Crippen molar-refractivity contribution in [2.75, 3.05) is 13.7 Å². The predicted molar refractivity (Wildman–Crippen MR) is 103 cm³/mol. The number of likely N-dealkylation sites (N-methyl/N-ethyl adjacent to an activating group) is 1. The number of hydrogen-bond acceptors (Lipinski definition) is 5. The summed E-state index contributed by atoms with van der Waals surface area (Å²) in [5.41, 5.74) is 1.73. The largest absolute Gasteiger partial charge is 0.497 e. The van der Waals surface area contributed by atoms with Crippen LogP contribution in [-0.2, 0) is 17.8 Å². The molecular weight excluding hydrogens is 366 g/mol. The van der Waals surface area contributed by atoms with Gasteiger partial charge in [-0.1, -0.05) is 28.9 Å². The van der Waals surface area contributed by atoms with E-state index in [0.29, 0.717) is 29.7 Å². The van der Waals surface area contributed by atoms with Crippen molar-refractivity contribution in [1.82, 2.24) is 15.0 Å². The van der Waals surface area contributed by atoms with E-state index < -0.39 is 0 Å². The molecule has 0 aliphatic heterocycles. The number of carbonyl (C=O) groups is 1. The van der Waals surface area contributed by atoms with Crippen LogP contribution in [-0.4, -0.2) is 34.6 Å². The normalized spacial score (nSPS) is 10.6. The molecule has 1 amide bonds. The molecule has 2 aromatic carbocycles. The molecule has 0 N–H and O–H groups in total. The Labute approximate surface area is 162 Å². The molecule has 0 fully saturated rings. The number of ether oxygens (including phenoxy) is 1. The summed E-state index contributed by atoms with van der Waals surface area (Å²) in [4.78, 5) is 18.6. The average molecular weight is 386 g/mol. The van der Waals surface area contributed by atoms with Crippen molar-refractivity contribution in [1.29, 1.82) is 0 Å². The number of amides is 1. The fourth-order valence-electron chi connectivity index (χ4n) is 2.60. The van der Waals surface area contributed by atoms with Crippen LogP contribution < -0.4 is 4.74 Å². The van der Waals surface area contributed by atoms with Gasteiger partial charge in [0.05, 0.1) is 20.1 Å². The maximum Gasteiger partial charge on any atom is 0.246 e. The van der Waals surface area contributed by atoms with Crippen LogP contribution in [0.4, 0.5) is 0 Å². The first-order valence-corrected chi connectivity index (χ1v) is 8.96. The Morgan fingerprint density at radius 3 is 2.48 bits per heavy atom. The second kappa shape index (κ2) is 8.68. The van der Waals surface area contributed by atoms with Gasteiger partial charge in [0.2, 0.25) is 17.6 Å². The lowest BCUT2D eigenvalue weighted by Gasteiger charge is -2.18. The first-order valence-electron chi connectivity index (χ1n) is 8.58. The molecule has 0 radical (unpaired) electrons. The monoisotopic (exact) mass is 385 g/mol. The molecule has 0 spiro atoms. The summed E-state index contributed by atoms with van der Waals surface area (Å²) < 4.78 is 10.5. The van der Waals surface area contributed by atoms with E-state index in [1.54, 1.807) is 24.1 Å². The minimum Gasteiger partial charge on any atom is -0.497 e. The topological polar surface area (TPSA) is 68.5 Å². The zero-order chi connectivity index (χ0) is 19.2. The molecule has 3 aromatic rings. The summed E-state index contributed by atoms with van der Waals surface area (Å²) in [6.45, 7) is 2.74. The Hall–Kier alpha value is -2.86. The van der Waals surface area contributed by atoms with E-state index in [-0.39, 0.29) is 12.5 Å². The van der Waals surface area contributed by atoms with Gasteiger partial charge in [0.15, 0.2) is 0 Å². The van der Waals surface area contributed by atoms with E-state index in [1.165, 1.54) is 0 Å². The summed E-state index contributed by atoms with van der Waals surface area (Å²) in [6.07, 6.45) is 0.296. The summed E-state index contributed by atoms with van der Waals surface area (Å²) in [5, 5.41) is 4.65. The van der Waals surface area contributed by atoms with Gasteiger partial charge in [-0.3, -0.25) is 4.79 Å². The summed E-state index contributed by atoms with van der Waals surface area (Å²) in [5.74, 6) is 1.62. The van der Waals surface area contributed by atoms with Crippen LogP contribution in [0.15, 0.2) is 53.1 Å². The molecule has 0 bridgehead atoms. The molecule has 0 aliphatic rings. The molecule has 0 saturated heterocycles. The van der Waals surface area contributed by atoms with Crippen LogP contribution in [0.2, 0.25) is 5.02 Å². The molecule has 1 heterocycles. The molecule has 6 nitrogen and oxygen atoms in total. The van der Waals surface area contributed by atoms with Crippen molar-refractivity contribution in [3.63, 3.8) is 0 Å². The van der Waals surface area contributed by atoms with Crippen LogP contribution in [0, 0.1) is 0 Å². The molecule has 3 rings (SSSR count). The van der Waals surface area contributed by atoms with Gasteiger partial charge in [0, 0.05) is 17.1 Å². The molecule has 140 valence electrons. The maximum absolute atomic E-state index is 12.6. The van der Waals surface area contributed by atoms with Gasteiger partial charge >= 0.3 is 0 Å². The van der Waals surface area contributed by atoms with E-state index in [2.05, 4.69) is 10.1 Å². The quantitative estimate of drug-likeness (QED) is 0.615. The van der Waals surface area contributed by atoms with Crippen LogP contribution in [0.1, 0.15) is 18.4 Å². The SMILES string of the molecule is CCN(Cc1nc(-c2ccc(OC)cc2)no1)C(=O)Cc1ccc(Cl)cc1. The maximum atomic E-state index is 12.6. The van der Waals surface area contributed by atoms with E-state index in [9.17, 15) is 4.79 Å². The average Bonchev–Trinajstić information content (AvgIpc) is 3.16. The number of benzene rings is 2. The Morgan fingerprint density at radius 2 is 1.85 bits per heavy atom. The summed E-state index contributed by atoms with van der Waals surface area (Å²) >= 11 is 5.89. The molecule has 27 heavy (non-hydrogen) atoms. The van der Waals surface area contributed by atoms with E-state index in [0.717, 1.165) is 16.9 Å². The van der Waals surface area contributed by atoms with Crippen LogP contribution >= 0.6 is 11.6 Å². The van der Waals surface area contributed by atoms with Gasteiger partial charge in [0.1, 0.15) is 5.75 Å². The molecule has 1 aromatic heterocycles. The standard InChI is InChI=1S/C20H20ClN3O3/c1-3-24(19(25)12-14-4-8-16(21)9-5-14)13-18-22-20(23-27-18)15-6-10-17(26-2)11-7-15/h4-11H,3,12-13H2,1-2H3. The third-order valence-corrected chi connectivity index (χ3v) is 4.40. The van der Waals surface area contributed by atoms with Gasteiger partial charge in [-0.15, -0.1) is 0 Å². The molecule has 0 atom stereocenters. The highest BCUT2D eigenvalue weighted by Crippen LogP contribution is 2.20. The van der Waals surface area contributed by atoms with E-state index in [1.807, 2.05) is 43.3 Å². The number of hydrogen-bond donors (Lipinski definition) is 0. The first kappa shape index (κ1) is 18.9. The number of rotatable bonds is 7. The highest BCUT2D eigenvalue weighted by atomic mass is 35.5. The summed E-state index contributed by atoms with van der Waals surface area (Å²) in [7, 11) is 1.61. The Kier molecular flexibility index (Phi) is 6.08. The van der Waals surface area contributed by atoms with Crippen molar-refractivity contribution in [2.45, 2.75) is 19.9 Å². The minimum atomic E-state index is -0.0102. The highest BCUT2D eigenvalue weighted by molar-refractivity contribution is 6.30. The van der Waals surface area contributed by atoms with Crippen molar-refractivity contribution >= 4 is 17.5 Å². The predicted octanol–water partition coefficient (Wildman–Crippen LogP) is 3.99. The minimum absolute atomic E-state index is 0.0102. The van der Waals surface area contributed by atoms with Crippen LogP contribution in [0.25, 0.3) is 11.4 Å². The third kappa shape index (κ3) is 4.86. The first-order chi connectivity index (χ1) is 13.1. The van der Waals surface area contributed by atoms with Crippen LogP contribution in [0.3, 0.4) is 0 Å². The Bertz CT molecular complexity index is 892. The Morgan fingerprint density at radius 1 is 1.15 bits per heavy atom. The zero-order valence-electron chi connectivity index (χ0n) is 15.2. The van der Waals surface area contributed by atoms with E-state index >= 15 is 0 Å². The molecule has 0 saturated carbocycles. The van der Waals surface area contributed by atoms with Crippen molar-refractivity contribution < 1.29 is 14.1 Å². The number of carbonyl (C=O) groups excluding carboxylic acids is 1. The fourth-order valence-corrected chi connectivity index (χ4v) is 2.73. The molecule has 0 unspecified atom stereocenters. The second-order valence-electron chi connectivity index (χ2n) is 5.95.